The molecule has 0 aromatic carbocycles. The summed E-state index contributed by atoms with van der Waals surface area (Å²) >= 11 is 0. The predicted molar refractivity (Wildman–Crippen MR) is 63.6 cm³/mol. The Labute approximate surface area is 102 Å². The number of carbonyl (C=O) groups excluding carboxylic acids is 2. The van der Waals surface area contributed by atoms with Gasteiger partial charge in [-0.2, -0.15) is 0 Å². The molecule has 0 N–H and O–H groups in total. The Bertz CT molecular complexity index is 375. The predicted octanol–water partition coefficient (Wildman–Crippen LogP) is 2.14. The van der Waals surface area contributed by atoms with Crippen LogP contribution in [0.4, 0.5) is 4.79 Å². The van der Waals surface area contributed by atoms with E-state index in [-0.39, 0.29) is 12.3 Å². The summed E-state index contributed by atoms with van der Waals surface area (Å²) in [6, 6.07) is 0. The first-order chi connectivity index (χ1) is 7.87. The number of hydrogen-bond donors (Lipinski definition) is 0. The second-order valence-corrected chi connectivity index (χ2v) is 5.72. The van der Waals surface area contributed by atoms with Crippen molar-refractivity contribution in [1.82, 2.24) is 4.90 Å². The highest BCUT2D eigenvalue weighted by Gasteiger charge is 2.34. The monoisotopic (exact) mass is 237 g/mol. The van der Waals surface area contributed by atoms with E-state index in [2.05, 4.69) is 0 Å². The fourth-order valence-electron chi connectivity index (χ4n) is 1.91. The van der Waals surface area contributed by atoms with Crippen molar-refractivity contribution in [3.63, 3.8) is 0 Å². The van der Waals surface area contributed by atoms with E-state index in [0.717, 1.165) is 18.4 Å². The average Bonchev–Trinajstić information content (AvgIpc) is 2.98. The Balaban J connectivity index is 1.97. The van der Waals surface area contributed by atoms with Crippen molar-refractivity contribution in [2.45, 2.75) is 39.2 Å². The zero-order chi connectivity index (χ0) is 12.6. The maximum absolute atomic E-state index is 11.8. The summed E-state index contributed by atoms with van der Waals surface area (Å²) in [4.78, 5) is 25.1. The highest BCUT2D eigenvalue weighted by atomic mass is 16.6. The summed E-state index contributed by atoms with van der Waals surface area (Å²) in [5.41, 5.74) is 0.408. The maximum Gasteiger partial charge on any atom is 0.410 e. The van der Waals surface area contributed by atoms with Gasteiger partial charge in [-0.1, -0.05) is 6.08 Å². The SMILES string of the molecule is CC(C)(C)OC(=O)N1CC=C(C2CC2)C(=O)C1. The molecule has 1 amide bonds. The van der Waals surface area contributed by atoms with Crippen LogP contribution in [0.15, 0.2) is 11.6 Å². The van der Waals surface area contributed by atoms with Crippen LogP contribution in [0.3, 0.4) is 0 Å². The van der Waals surface area contributed by atoms with E-state index in [1.165, 1.54) is 4.90 Å². The smallest absolute Gasteiger partial charge is 0.410 e. The largest absolute Gasteiger partial charge is 0.444 e. The van der Waals surface area contributed by atoms with E-state index in [9.17, 15) is 9.59 Å². The summed E-state index contributed by atoms with van der Waals surface area (Å²) in [6.45, 7) is 6.12. The number of nitrogens with zero attached hydrogens (tertiary/aromatic N) is 1. The van der Waals surface area contributed by atoms with Crippen LogP contribution in [-0.2, 0) is 9.53 Å². The minimum Gasteiger partial charge on any atom is -0.444 e. The van der Waals surface area contributed by atoms with Crippen LogP contribution >= 0.6 is 0 Å². The molecule has 2 aliphatic rings. The minimum absolute atomic E-state index is 0.0737. The van der Waals surface area contributed by atoms with E-state index >= 15 is 0 Å². The lowest BCUT2D eigenvalue weighted by molar-refractivity contribution is -0.117. The molecule has 0 atom stereocenters. The van der Waals surface area contributed by atoms with Gasteiger partial charge in [0.05, 0.1) is 6.54 Å². The molecule has 0 saturated heterocycles. The van der Waals surface area contributed by atoms with E-state index in [1.54, 1.807) is 0 Å². The molecule has 0 spiro atoms. The second-order valence-electron chi connectivity index (χ2n) is 5.72. The molecule has 1 aliphatic heterocycles. The normalized spacial score (nSPS) is 21.2. The van der Waals surface area contributed by atoms with Crippen molar-refractivity contribution in [3.05, 3.63) is 11.6 Å². The van der Waals surface area contributed by atoms with Crippen molar-refractivity contribution in [1.29, 1.82) is 0 Å². The Morgan fingerprint density at radius 2 is 2.06 bits per heavy atom. The van der Waals surface area contributed by atoms with Gasteiger partial charge in [-0.25, -0.2) is 4.79 Å². The van der Waals surface area contributed by atoms with E-state index in [0.29, 0.717) is 12.5 Å². The summed E-state index contributed by atoms with van der Waals surface area (Å²) < 4.78 is 5.24. The van der Waals surface area contributed by atoms with Gasteiger partial charge in [0.2, 0.25) is 0 Å². The zero-order valence-electron chi connectivity index (χ0n) is 10.7. The minimum atomic E-state index is -0.513. The van der Waals surface area contributed by atoms with Crippen LogP contribution < -0.4 is 0 Å². The third-order valence-corrected chi connectivity index (χ3v) is 2.86. The first-order valence-corrected chi connectivity index (χ1v) is 6.08. The summed E-state index contributed by atoms with van der Waals surface area (Å²) in [7, 11) is 0. The standard InChI is InChI=1S/C13H19NO3/c1-13(2,3)17-12(16)14-7-6-10(9-4-5-9)11(15)8-14/h6,9H,4-5,7-8H2,1-3H3. The van der Waals surface area contributed by atoms with Crippen molar-refractivity contribution >= 4 is 11.9 Å². The molecule has 1 saturated carbocycles. The zero-order valence-corrected chi connectivity index (χ0v) is 10.7. The molecule has 4 nitrogen and oxygen atoms in total. The molecule has 0 aromatic rings. The first kappa shape index (κ1) is 12.1. The van der Waals surface area contributed by atoms with Crippen LogP contribution in [0, 0.1) is 5.92 Å². The molecular weight excluding hydrogens is 218 g/mol. The van der Waals surface area contributed by atoms with Crippen molar-refractivity contribution in [3.8, 4) is 0 Å². The third-order valence-electron chi connectivity index (χ3n) is 2.86. The number of ketones is 1. The number of rotatable bonds is 1. The first-order valence-electron chi connectivity index (χ1n) is 6.08. The Morgan fingerprint density at radius 3 is 2.53 bits per heavy atom. The molecule has 94 valence electrons. The Kier molecular flexibility index (Phi) is 2.98. The number of ether oxygens (including phenoxy) is 1. The molecule has 0 bridgehead atoms. The highest BCUT2D eigenvalue weighted by molar-refractivity contribution is 6.00. The van der Waals surface area contributed by atoms with Crippen LogP contribution in [0.25, 0.3) is 0 Å². The van der Waals surface area contributed by atoms with Gasteiger partial charge in [0.15, 0.2) is 5.78 Å². The van der Waals surface area contributed by atoms with Gasteiger partial charge >= 0.3 is 6.09 Å². The molecule has 1 aliphatic carbocycles. The molecule has 4 heteroatoms. The van der Waals surface area contributed by atoms with Crippen LogP contribution in [-0.4, -0.2) is 35.5 Å². The Morgan fingerprint density at radius 1 is 1.41 bits per heavy atom. The van der Waals surface area contributed by atoms with Gasteiger partial charge in [0, 0.05) is 6.54 Å². The van der Waals surface area contributed by atoms with E-state index in [4.69, 9.17) is 4.74 Å². The molecule has 17 heavy (non-hydrogen) atoms. The van der Waals surface area contributed by atoms with Crippen molar-refractivity contribution in [2.75, 3.05) is 13.1 Å². The Hall–Kier alpha value is -1.32. The van der Waals surface area contributed by atoms with Gasteiger partial charge < -0.3 is 4.74 Å². The quantitative estimate of drug-likeness (QED) is 0.702. The average molecular weight is 237 g/mol. The fraction of sp³-hybridized carbons (Fsp3) is 0.692. The van der Waals surface area contributed by atoms with Crippen molar-refractivity contribution in [2.24, 2.45) is 5.92 Å². The molecular formula is C13H19NO3. The van der Waals surface area contributed by atoms with Gasteiger partial charge in [-0.3, -0.25) is 9.69 Å². The lowest BCUT2D eigenvalue weighted by Gasteiger charge is -2.28. The molecule has 0 radical (unpaired) electrons. The van der Waals surface area contributed by atoms with Gasteiger partial charge in [-0.15, -0.1) is 0 Å². The summed E-state index contributed by atoms with van der Waals surface area (Å²) in [6.07, 6.45) is 3.71. The van der Waals surface area contributed by atoms with Crippen LogP contribution in [0.1, 0.15) is 33.6 Å². The van der Waals surface area contributed by atoms with E-state index in [1.807, 2.05) is 26.8 Å². The summed E-state index contributed by atoms with van der Waals surface area (Å²) in [5, 5.41) is 0. The van der Waals surface area contributed by atoms with Gasteiger partial charge in [0.25, 0.3) is 0 Å². The fourth-order valence-corrected chi connectivity index (χ4v) is 1.91. The number of Topliss-reactive ketones (excluding diaryl/α,β-unsaturated/α-hetero) is 1. The number of carbonyl (C=O) groups is 2. The lowest BCUT2D eigenvalue weighted by Crippen LogP contribution is -2.42. The van der Waals surface area contributed by atoms with Crippen LogP contribution in [0.2, 0.25) is 0 Å². The highest BCUT2D eigenvalue weighted by Crippen LogP contribution is 2.37. The number of amides is 1. The molecule has 0 unspecified atom stereocenters. The van der Waals surface area contributed by atoms with Gasteiger partial charge in [0.1, 0.15) is 5.60 Å². The third kappa shape index (κ3) is 3.08. The van der Waals surface area contributed by atoms with Gasteiger partial charge in [-0.05, 0) is 45.1 Å². The summed E-state index contributed by atoms with van der Waals surface area (Å²) in [5.74, 6) is 0.535. The second kappa shape index (κ2) is 4.17. The van der Waals surface area contributed by atoms with Crippen molar-refractivity contribution < 1.29 is 14.3 Å². The molecule has 2 rings (SSSR count). The molecule has 1 fully saturated rings. The van der Waals surface area contributed by atoms with Crippen LogP contribution in [0.5, 0.6) is 0 Å². The lowest BCUT2D eigenvalue weighted by atomic mass is 10.0. The topological polar surface area (TPSA) is 46.6 Å². The van der Waals surface area contributed by atoms with E-state index < -0.39 is 11.7 Å². The maximum atomic E-state index is 11.8. The molecule has 0 aromatic heterocycles. The molecule has 1 heterocycles. The number of hydrogen-bond acceptors (Lipinski definition) is 3.